The molecule has 5 nitrogen and oxygen atoms in total. The molecule has 0 bridgehead atoms. The number of methoxy groups -OCH3 is 1. The zero-order chi connectivity index (χ0) is 18.1. The van der Waals surface area contributed by atoms with Crippen molar-refractivity contribution in [3.05, 3.63) is 65.5 Å². The van der Waals surface area contributed by atoms with Crippen molar-refractivity contribution in [3.8, 4) is 5.75 Å². The zero-order valence-corrected chi connectivity index (χ0v) is 14.2. The number of carboxylic acids is 1. The molecule has 0 amide bonds. The summed E-state index contributed by atoms with van der Waals surface area (Å²) in [5.74, 6) is -0.627. The second kappa shape index (κ2) is 9.76. The third-order valence-corrected chi connectivity index (χ3v) is 3.68. The third-order valence-electron chi connectivity index (χ3n) is 3.68. The molecule has 0 aliphatic carbocycles. The zero-order valence-electron chi connectivity index (χ0n) is 14.2. The van der Waals surface area contributed by atoms with Crippen LogP contribution in [0.4, 0.5) is 4.39 Å². The Morgan fingerprint density at radius 3 is 2.52 bits per heavy atom. The summed E-state index contributed by atoms with van der Waals surface area (Å²) in [6.07, 6.45) is 0. The van der Waals surface area contributed by atoms with E-state index in [1.165, 1.54) is 12.1 Å². The Kier molecular flexibility index (Phi) is 7.37. The predicted molar refractivity (Wildman–Crippen MR) is 92.4 cm³/mol. The molecule has 134 valence electrons. The lowest BCUT2D eigenvalue weighted by atomic mass is 10.1. The van der Waals surface area contributed by atoms with Crippen molar-refractivity contribution in [1.82, 2.24) is 4.90 Å². The van der Waals surface area contributed by atoms with Crippen LogP contribution in [0.25, 0.3) is 0 Å². The highest BCUT2D eigenvalue weighted by molar-refractivity contribution is 5.87. The van der Waals surface area contributed by atoms with E-state index in [4.69, 9.17) is 14.6 Å². The van der Waals surface area contributed by atoms with Crippen LogP contribution < -0.4 is 4.74 Å². The first-order chi connectivity index (χ1) is 12.1. The predicted octanol–water partition coefficient (Wildman–Crippen LogP) is 3.05. The lowest BCUT2D eigenvalue weighted by Crippen LogP contribution is -2.31. The fourth-order valence-corrected chi connectivity index (χ4v) is 2.37. The molecular weight excluding hydrogens is 325 g/mol. The summed E-state index contributed by atoms with van der Waals surface area (Å²) in [6.45, 7) is 2.93. The molecule has 2 aromatic rings. The van der Waals surface area contributed by atoms with Crippen molar-refractivity contribution in [2.24, 2.45) is 0 Å². The number of carboxylic acid groups (broad SMARTS) is 1. The van der Waals surface area contributed by atoms with Gasteiger partial charge in [-0.2, -0.15) is 0 Å². The van der Waals surface area contributed by atoms with Gasteiger partial charge >= 0.3 is 5.97 Å². The highest BCUT2D eigenvalue weighted by atomic mass is 19.1. The summed E-state index contributed by atoms with van der Waals surface area (Å²) < 4.78 is 23.6. The first-order valence-electron chi connectivity index (χ1n) is 8.00. The summed E-state index contributed by atoms with van der Waals surface area (Å²) in [6, 6.07) is 12.8. The normalized spacial score (nSPS) is 10.8. The molecule has 0 saturated carbocycles. The molecule has 1 N–H and O–H groups in total. The molecule has 0 radical (unpaired) electrons. The molecule has 0 fully saturated rings. The molecule has 25 heavy (non-hydrogen) atoms. The van der Waals surface area contributed by atoms with Crippen LogP contribution in [0.1, 0.15) is 15.9 Å². The van der Waals surface area contributed by atoms with E-state index in [-0.39, 0.29) is 11.4 Å². The molecule has 6 heteroatoms. The SMILES string of the molecule is COCCN(CCOc1ccc(F)cc1)Cc1cccc(C(=O)O)c1. The monoisotopic (exact) mass is 347 g/mol. The minimum Gasteiger partial charge on any atom is -0.492 e. The summed E-state index contributed by atoms with van der Waals surface area (Å²) in [5, 5.41) is 9.09. The molecule has 0 spiro atoms. The molecule has 0 aliphatic rings. The third kappa shape index (κ3) is 6.52. The van der Waals surface area contributed by atoms with Gasteiger partial charge in [0.2, 0.25) is 0 Å². The van der Waals surface area contributed by atoms with Gasteiger partial charge in [-0.1, -0.05) is 12.1 Å². The van der Waals surface area contributed by atoms with Gasteiger partial charge in [0, 0.05) is 26.7 Å². The molecule has 0 atom stereocenters. The summed E-state index contributed by atoms with van der Waals surface area (Å²) >= 11 is 0. The van der Waals surface area contributed by atoms with Crippen molar-refractivity contribution in [2.75, 3.05) is 33.4 Å². The number of hydrogen-bond donors (Lipinski definition) is 1. The van der Waals surface area contributed by atoms with E-state index >= 15 is 0 Å². The van der Waals surface area contributed by atoms with Crippen molar-refractivity contribution in [1.29, 1.82) is 0 Å². The quantitative estimate of drug-likeness (QED) is 0.716. The standard InChI is InChI=1S/C19H22FNO4/c1-24-11-9-21(10-12-25-18-7-5-17(20)6-8-18)14-15-3-2-4-16(13-15)19(22)23/h2-8,13H,9-12,14H2,1H3,(H,22,23). The van der Waals surface area contributed by atoms with Crippen molar-refractivity contribution < 1.29 is 23.8 Å². The fourth-order valence-electron chi connectivity index (χ4n) is 2.37. The van der Waals surface area contributed by atoms with Gasteiger partial charge in [-0.15, -0.1) is 0 Å². The summed E-state index contributed by atoms with van der Waals surface area (Å²) in [4.78, 5) is 13.2. The lowest BCUT2D eigenvalue weighted by molar-refractivity contribution is 0.0696. The summed E-state index contributed by atoms with van der Waals surface area (Å²) in [7, 11) is 1.64. The molecule has 2 rings (SSSR count). The largest absolute Gasteiger partial charge is 0.492 e. The van der Waals surface area contributed by atoms with Crippen LogP contribution in [-0.2, 0) is 11.3 Å². The average Bonchev–Trinajstić information content (AvgIpc) is 2.61. The average molecular weight is 347 g/mol. The number of hydrogen-bond acceptors (Lipinski definition) is 4. The van der Waals surface area contributed by atoms with Crippen LogP contribution in [0.15, 0.2) is 48.5 Å². The van der Waals surface area contributed by atoms with E-state index in [0.29, 0.717) is 38.6 Å². The first kappa shape index (κ1) is 18.9. The van der Waals surface area contributed by atoms with Gasteiger partial charge in [-0.3, -0.25) is 4.90 Å². The smallest absolute Gasteiger partial charge is 0.335 e. The Morgan fingerprint density at radius 2 is 1.84 bits per heavy atom. The van der Waals surface area contributed by atoms with E-state index in [1.54, 1.807) is 37.4 Å². The fraction of sp³-hybridized carbons (Fsp3) is 0.316. The highest BCUT2D eigenvalue weighted by Crippen LogP contribution is 2.12. The maximum atomic E-state index is 12.9. The Morgan fingerprint density at radius 1 is 1.12 bits per heavy atom. The highest BCUT2D eigenvalue weighted by Gasteiger charge is 2.09. The lowest BCUT2D eigenvalue weighted by Gasteiger charge is -2.22. The van der Waals surface area contributed by atoms with Crippen LogP contribution in [0.5, 0.6) is 5.75 Å². The molecule has 0 aromatic heterocycles. The number of carbonyl (C=O) groups is 1. The van der Waals surface area contributed by atoms with Gasteiger partial charge in [0.15, 0.2) is 0 Å². The summed E-state index contributed by atoms with van der Waals surface area (Å²) in [5.41, 5.74) is 1.18. The van der Waals surface area contributed by atoms with Crippen LogP contribution in [-0.4, -0.2) is 49.4 Å². The Bertz CT molecular complexity index is 675. The number of benzene rings is 2. The van der Waals surface area contributed by atoms with E-state index in [1.807, 2.05) is 6.07 Å². The Balaban J connectivity index is 1.92. The number of rotatable bonds is 10. The number of nitrogens with zero attached hydrogens (tertiary/aromatic N) is 1. The van der Waals surface area contributed by atoms with Crippen molar-refractivity contribution in [2.45, 2.75) is 6.54 Å². The number of ether oxygens (including phenoxy) is 2. The van der Waals surface area contributed by atoms with Crippen LogP contribution in [0, 0.1) is 5.82 Å². The van der Waals surface area contributed by atoms with Gasteiger partial charge in [0.25, 0.3) is 0 Å². The number of aromatic carboxylic acids is 1. The number of halogens is 1. The van der Waals surface area contributed by atoms with Crippen LogP contribution in [0.2, 0.25) is 0 Å². The van der Waals surface area contributed by atoms with Gasteiger partial charge in [0.1, 0.15) is 18.2 Å². The molecule has 0 aliphatic heterocycles. The maximum absolute atomic E-state index is 12.9. The van der Waals surface area contributed by atoms with Crippen LogP contribution in [0.3, 0.4) is 0 Å². The van der Waals surface area contributed by atoms with E-state index in [9.17, 15) is 9.18 Å². The van der Waals surface area contributed by atoms with E-state index in [0.717, 1.165) is 5.56 Å². The Labute approximate surface area is 146 Å². The second-order valence-electron chi connectivity index (χ2n) is 5.58. The van der Waals surface area contributed by atoms with Gasteiger partial charge < -0.3 is 14.6 Å². The molecule has 0 saturated heterocycles. The van der Waals surface area contributed by atoms with Gasteiger partial charge in [-0.25, -0.2) is 9.18 Å². The minimum atomic E-state index is -0.940. The van der Waals surface area contributed by atoms with Gasteiger partial charge in [0.05, 0.1) is 12.2 Å². The maximum Gasteiger partial charge on any atom is 0.335 e. The van der Waals surface area contributed by atoms with Crippen molar-refractivity contribution >= 4 is 5.97 Å². The molecule has 0 heterocycles. The topological polar surface area (TPSA) is 59.0 Å². The molecule has 2 aromatic carbocycles. The first-order valence-corrected chi connectivity index (χ1v) is 8.00. The second-order valence-corrected chi connectivity index (χ2v) is 5.58. The van der Waals surface area contributed by atoms with Crippen molar-refractivity contribution in [3.63, 3.8) is 0 Å². The minimum absolute atomic E-state index is 0.270. The van der Waals surface area contributed by atoms with E-state index in [2.05, 4.69) is 4.90 Å². The van der Waals surface area contributed by atoms with Crippen LogP contribution >= 0.6 is 0 Å². The molecule has 0 unspecified atom stereocenters. The Hall–Kier alpha value is -2.44. The molecular formula is C19H22FNO4. The van der Waals surface area contributed by atoms with E-state index < -0.39 is 5.97 Å². The van der Waals surface area contributed by atoms with Gasteiger partial charge in [-0.05, 0) is 42.0 Å².